The minimum Gasteiger partial charge on any atom is -0.450 e. The molecule has 1 aromatic carbocycles. The minimum atomic E-state index is -1.16. The number of nitrogens with one attached hydrogen (secondary N) is 2. The lowest BCUT2D eigenvalue weighted by Crippen LogP contribution is -2.44. The van der Waals surface area contributed by atoms with E-state index in [9.17, 15) is 19.2 Å². The molecule has 1 aliphatic heterocycles. The molecular formula is C18H22N2O6. The van der Waals surface area contributed by atoms with E-state index in [-0.39, 0.29) is 18.9 Å². The van der Waals surface area contributed by atoms with Crippen molar-refractivity contribution in [2.75, 3.05) is 0 Å². The van der Waals surface area contributed by atoms with Crippen LogP contribution in [0, 0.1) is 5.92 Å². The maximum Gasteiger partial charge on any atom is 0.408 e. The van der Waals surface area contributed by atoms with Crippen LogP contribution in [0.2, 0.25) is 0 Å². The molecule has 8 nitrogen and oxygen atoms in total. The van der Waals surface area contributed by atoms with Crippen LogP contribution in [0.1, 0.15) is 32.3 Å². The Labute approximate surface area is 151 Å². The van der Waals surface area contributed by atoms with Crippen LogP contribution < -0.4 is 10.6 Å². The van der Waals surface area contributed by atoms with Gasteiger partial charge < -0.3 is 14.8 Å². The maximum atomic E-state index is 12.3. The molecule has 26 heavy (non-hydrogen) atoms. The Balaban J connectivity index is 1.90. The molecule has 0 spiro atoms. The first kappa shape index (κ1) is 19.4. The Morgan fingerprint density at radius 1 is 1.23 bits per heavy atom. The summed E-state index contributed by atoms with van der Waals surface area (Å²) in [6, 6.07) is 8.14. The normalized spacial score (nSPS) is 17.6. The first-order valence-corrected chi connectivity index (χ1v) is 8.36. The quantitative estimate of drug-likeness (QED) is 0.558. The summed E-state index contributed by atoms with van der Waals surface area (Å²) < 4.78 is 10.2. The molecule has 2 N–H and O–H groups in total. The highest BCUT2D eigenvalue weighted by atomic mass is 16.6. The van der Waals surface area contributed by atoms with Gasteiger partial charge in [0.15, 0.2) is 6.10 Å². The lowest BCUT2D eigenvalue weighted by Gasteiger charge is -2.20. The van der Waals surface area contributed by atoms with Crippen molar-refractivity contribution in [1.29, 1.82) is 0 Å². The van der Waals surface area contributed by atoms with Gasteiger partial charge in [-0.15, -0.1) is 0 Å². The third-order valence-electron chi connectivity index (χ3n) is 3.68. The van der Waals surface area contributed by atoms with E-state index in [0.717, 1.165) is 5.56 Å². The summed E-state index contributed by atoms with van der Waals surface area (Å²) in [5.41, 5.74) is 0.812. The fraction of sp³-hybridized carbons (Fsp3) is 0.444. The van der Waals surface area contributed by atoms with Gasteiger partial charge >= 0.3 is 12.1 Å². The molecule has 0 aliphatic carbocycles. The molecule has 1 heterocycles. The van der Waals surface area contributed by atoms with E-state index in [2.05, 4.69) is 10.6 Å². The van der Waals surface area contributed by atoms with Crippen LogP contribution in [0.3, 0.4) is 0 Å². The minimum absolute atomic E-state index is 0.0651. The summed E-state index contributed by atoms with van der Waals surface area (Å²) in [4.78, 5) is 47.0. The van der Waals surface area contributed by atoms with Gasteiger partial charge in [0, 0.05) is 0 Å². The number of carbonyl (C=O) groups excluding carboxylic acids is 4. The van der Waals surface area contributed by atoms with Gasteiger partial charge in [0.25, 0.3) is 5.91 Å². The van der Waals surface area contributed by atoms with Gasteiger partial charge in [0.1, 0.15) is 12.6 Å². The molecule has 2 atom stereocenters. The van der Waals surface area contributed by atoms with Gasteiger partial charge in [-0.05, 0) is 17.9 Å². The number of hydrogen-bond donors (Lipinski definition) is 2. The van der Waals surface area contributed by atoms with Crippen molar-refractivity contribution in [3.05, 3.63) is 35.9 Å². The first-order valence-electron chi connectivity index (χ1n) is 8.36. The van der Waals surface area contributed by atoms with Crippen LogP contribution in [-0.4, -0.2) is 36.0 Å². The Bertz CT molecular complexity index is 674. The molecule has 0 radical (unpaired) electrons. The monoisotopic (exact) mass is 362 g/mol. The lowest BCUT2D eigenvalue weighted by atomic mass is 10.0. The number of esters is 1. The van der Waals surface area contributed by atoms with Crippen LogP contribution in [0.25, 0.3) is 0 Å². The number of carbonyl (C=O) groups is 4. The first-order chi connectivity index (χ1) is 12.3. The van der Waals surface area contributed by atoms with Crippen molar-refractivity contribution < 1.29 is 28.7 Å². The number of benzene rings is 1. The standard InChI is InChI=1S/C18H22N2O6/c1-11(2)8-13(17(23)26-14-9-15(21)20-16(14)22)19-18(24)25-10-12-6-4-3-5-7-12/h3-7,11,13-14H,8-10H2,1-2H3,(H,19,24)(H,20,21,22)/t13-,14-/m1/s1. The second-order valence-electron chi connectivity index (χ2n) is 6.43. The van der Waals surface area contributed by atoms with Gasteiger partial charge in [-0.3, -0.25) is 14.9 Å². The molecule has 0 saturated carbocycles. The SMILES string of the molecule is CC(C)C[C@@H](NC(=O)OCc1ccccc1)C(=O)O[C@@H]1CC(=O)NC1=O. The van der Waals surface area contributed by atoms with E-state index in [4.69, 9.17) is 9.47 Å². The second kappa shape index (κ2) is 8.98. The highest BCUT2D eigenvalue weighted by molar-refractivity contribution is 6.05. The number of imide groups is 1. The summed E-state index contributed by atoms with van der Waals surface area (Å²) in [6.45, 7) is 3.82. The Morgan fingerprint density at radius 2 is 1.92 bits per heavy atom. The highest BCUT2D eigenvalue weighted by Crippen LogP contribution is 2.12. The predicted octanol–water partition coefficient (Wildman–Crippen LogP) is 1.29. The van der Waals surface area contributed by atoms with E-state index in [0.29, 0.717) is 6.42 Å². The van der Waals surface area contributed by atoms with Gasteiger partial charge in [0.2, 0.25) is 5.91 Å². The zero-order valence-corrected chi connectivity index (χ0v) is 14.7. The van der Waals surface area contributed by atoms with Crippen molar-refractivity contribution >= 4 is 23.9 Å². The third kappa shape index (κ3) is 5.87. The largest absolute Gasteiger partial charge is 0.450 e. The highest BCUT2D eigenvalue weighted by Gasteiger charge is 2.36. The summed E-state index contributed by atoms with van der Waals surface area (Å²) in [5, 5.41) is 4.53. The lowest BCUT2D eigenvalue weighted by molar-refractivity contribution is -0.156. The molecule has 0 unspecified atom stereocenters. The van der Waals surface area contributed by atoms with Crippen molar-refractivity contribution in [3.63, 3.8) is 0 Å². The number of rotatable bonds is 7. The Hall–Kier alpha value is -2.90. The molecule has 2 rings (SSSR count). The molecule has 1 aliphatic rings. The molecule has 8 heteroatoms. The molecular weight excluding hydrogens is 340 g/mol. The van der Waals surface area contributed by atoms with Crippen LogP contribution in [0.15, 0.2) is 30.3 Å². The number of ether oxygens (including phenoxy) is 2. The fourth-order valence-electron chi connectivity index (χ4n) is 2.44. The topological polar surface area (TPSA) is 111 Å². The molecule has 1 fully saturated rings. The van der Waals surface area contributed by atoms with Gasteiger partial charge in [0.05, 0.1) is 6.42 Å². The smallest absolute Gasteiger partial charge is 0.408 e. The average Bonchev–Trinajstić information content (AvgIpc) is 2.90. The summed E-state index contributed by atoms with van der Waals surface area (Å²) in [5.74, 6) is -1.84. The van der Waals surface area contributed by atoms with E-state index in [1.54, 1.807) is 0 Å². The summed E-state index contributed by atoms with van der Waals surface area (Å²) in [7, 11) is 0. The average molecular weight is 362 g/mol. The Kier molecular flexibility index (Phi) is 6.71. The van der Waals surface area contributed by atoms with E-state index >= 15 is 0 Å². The van der Waals surface area contributed by atoms with Crippen LogP contribution >= 0.6 is 0 Å². The number of alkyl carbamates (subject to hydrolysis) is 1. The molecule has 1 saturated heterocycles. The second-order valence-corrected chi connectivity index (χ2v) is 6.43. The van der Waals surface area contributed by atoms with Crippen LogP contribution in [0.4, 0.5) is 4.79 Å². The van der Waals surface area contributed by atoms with Gasteiger partial charge in [-0.1, -0.05) is 44.2 Å². The van der Waals surface area contributed by atoms with Gasteiger partial charge in [-0.25, -0.2) is 9.59 Å². The van der Waals surface area contributed by atoms with E-state index < -0.39 is 36.0 Å². The molecule has 0 bridgehead atoms. The van der Waals surface area contributed by atoms with E-state index in [1.807, 2.05) is 44.2 Å². The number of hydrogen-bond acceptors (Lipinski definition) is 6. The number of amides is 3. The molecule has 0 aromatic heterocycles. The summed E-state index contributed by atoms with van der Waals surface area (Å²) in [6.07, 6.45) is -1.82. The molecule has 1 aromatic rings. The molecule has 140 valence electrons. The van der Waals surface area contributed by atoms with Crippen molar-refractivity contribution in [2.24, 2.45) is 5.92 Å². The maximum absolute atomic E-state index is 12.3. The van der Waals surface area contributed by atoms with Crippen molar-refractivity contribution in [2.45, 2.75) is 45.4 Å². The van der Waals surface area contributed by atoms with E-state index in [1.165, 1.54) is 0 Å². The fourth-order valence-corrected chi connectivity index (χ4v) is 2.44. The van der Waals surface area contributed by atoms with Crippen LogP contribution in [-0.2, 0) is 30.5 Å². The van der Waals surface area contributed by atoms with Crippen molar-refractivity contribution in [1.82, 2.24) is 10.6 Å². The third-order valence-corrected chi connectivity index (χ3v) is 3.68. The van der Waals surface area contributed by atoms with Crippen molar-refractivity contribution in [3.8, 4) is 0 Å². The molecule has 3 amide bonds. The summed E-state index contributed by atoms with van der Waals surface area (Å²) >= 11 is 0. The van der Waals surface area contributed by atoms with Crippen LogP contribution in [0.5, 0.6) is 0 Å². The predicted molar refractivity (Wildman–Crippen MR) is 90.7 cm³/mol. The van der Waals surface area contributed by atoms with Gasteiger partial charge in [-0.2, -0.15) is 0 Å². The zero-order valence-electron chi connectivity index (χ0n) is 14.7. The zero-order chi connectivity index (χ0) is 19.1. The Morgan fingerprint density at radius 3 is 2.50 bits per heavy atom.